The van der Waals surface area contributed by atoms with Gasteiger partial charge in [-0.3, -0.25) is 9.59 Å². The zero-order valence-electron chi connectivity index (χ0n) is 10.1. The molecular formula is C13H15BrO4. The van der Waals surface area contributed by atoms with Crippen molar-refractivity contribution in [1.29, 1.82) is 0 Å². The lowest BCUT2D eigenvalue weighted by atomic mass is 10.0. The van der Waals surface area contributed by atoms with Crippen molar-refractivity contribution in [3.63, 3.8) is 0 Å². The van der Waals surface area contributed by atoms with E-state index >= 15 is 0 Å². The number of aliphatic hydroxyl groups is 1. The predicted octanol–water partition coefficient (Wildman–Crippen LogP) is 2.39. The number of ether oxygens (including phenoxy) is 1. The summed E-state index contributed by atoms with van der Waals surface area (Å²) in [4.78, 5) is 22.6. The molecule has 0 heterocycles. The number of hydrogen-bond donors (Lipinski definition) is 1. The minimum absolute atomic E-state index is 0.0880. The van der Waals surface area contributed by atoms with E-state index in [-0.39, 0.29) is 25.2 Å². The van der Waals surface area contributed by atoms with Gasteiger partial charge in [0.05, 0.1) is 12.7 Å². The molecule has 0 fully saturated rings. The van der Waals surface area contributed by atoms with Crippen molar-refractivity contribution in [3.05, 3.63) is 34.3 Å². The molecule has 4 nitrogen and oxygen atoms in total. The third-order valence-electron chi connectivity index (χ3n) is 2.30. The Balaban J connectivity index is 2.52. The van der Waals surface area contributed by atoms with Crippen LogP contribution in [0.25, 0.3) is 0 Å². The lowest BCUT2D eigenvalue weighted by molar-refractivity contribution is -0.145. The maximum absolute atomic E-state index is 11.5. The van der Waals surface area contributed by atoms with Crippen LogP contribution in [0.1, 0.15) is 31.4 Å². The topological polar surface area (TPSA) is 63.6 Å². The maximum atomic E-state index is 11.5. The molecule has 1 atom stereocenters. The smallest absolute Gasteiger partial charge is 0.313 e. The second-order valence-electron chi connectivity index (χ2n) is 3.80. The highest BCUT2D eigenvalue weighted by atomic mass is 79.9. The van der Waals surface area contributed by atoms with E-state index in [9.17, 15) is 14.7 Å². The van der Waals surface area contributed by atoms with Crippen LogP contribution in [-0.4, -0.2) is 23.5 Å². The molecule has 0 radical (unpaired) electrons. The van der Waals surface area contributed by atoms with Gasteiger partial charge in [-0.15, -0.1) is 0 Å². The van der Waals surface area contributed by atoms with Crippen LogP contribution in [0.4, 0.5) is 0 Å². The van der Waals surface area contributed by atoms with Gasteiger partial charge in [-0.1, -0.05) is 28.1 Å². The van der Waals surface area contributed by atoms with Gasteiger partial charge in [0.1, 0.15) is 12.2 Å². The van der Waals surface area contributed by atoms with E-state index in [4.69, 9.17) is 0 Å². The summed E-state index contributed by atoms with van der Waals surface area (Å²) in [5, 5.41) is 9.86. The molecule has 0 aliphatic carbocycles. The number of esters is 1. The molecule has 5 heteroatoms. The van der Waals surface area contributed by atoms with Crippen LogP contribution in [0.15, 0.2) is 28.7 Å². The fourth-order valence-electron chi connectivity index (χ4n) is 1.49. The van der Waals surface area contributed by atoms with Gasteiger partial charge in [0.15, 0.2) is 0 Å². The first kappa shape index (κ1) is 14.9. The minimum atomic E-state index is -0.899. The quantitative estimate of drug-likeness (QED) is 0.647. The highest BCUT2D eigenvalue weighted by Crippen LogP contribution is 2.21. The summed E-state index contributed by atoms with van der Waals surface area (Å²) >= 11 is 3.29. The monoisotopic (exact) mass is 314 g/mol. The fourth-order valence-corrected chi connectivity index (χ4v) is 1.91. The molecule has 1 aromatic carbocycles. The molecule has 1 rings (SSSR count). The van der Waals surface area contributed by atoms with Gasteiger partial charge in [-0.05, 0) is 24.6 Å². The first-order valence-corrected chi connectivity index (χ1v) is 6.43. The van der Waals surface area contributed by atoms with E-state index in [0.717, 1.165) is 4.47 Å². The largest absolute Gasteiger partial charge is 0.466 e. The first-order chi connectivity index (χ1) is 8.52. The highest BCUT2D eigenvalue weighted by Gasteiger charge is 2.16. The Morgan fingerprint density at radius 2 is 2.17 bits per heavy atom. The van der Waals surface area contributed by atoms with E-state index in [0.29, 0.717) is 5.56 Å². The molecule has 0 aromatic heterocycles. The number of ketones is 1. The number of Topliss-reactive ketones (excluding diaryl/α,β-unsaturated/α-hetero) is 1. The van der Waals surface area contributed by atoms with Crippen LogP contribution in [0.3, 0.4) is 0 Å². The molecule has 1 unspecified atom stereocenters. The number of rotatable bonds is 6. The summed E-state index contributed by atoms with van der Waals surface area (Å²) in [6.07, 6.45) is -1.28. The number of carbonyl (C=O) groups excluding carboxylic acids is 2. The third kappa shape index (κ3) is 4.98. The molecule has 0 amide bonds. The van der Waals surface area contributed by atoms with Crippen molar-refractivity contribution in [2.24, 2.45) is 0 Å². The van der Waals surface area contributed by atoms with Crippen molar-refractivity contribution in [1.82, 2.24) is 0 Å². The summed E-state index contributed by atoms with van der Waals surface area (Å²) in [5.74, 6) is -0.884. The molecule has 18 heavy (non-hydrogen) atoms. The fraction of sp³-hybridized carbons (Fsp3) is 0.385. The number of benzene rings is 1. The SMILES string of the molecule is CCOC(=O)CC(=O)CC(O)c1cccc(Br)c1. The van der Waals surface area contributed by atoms with Crippen LogP contribution in [0, 0.1) is 0 Å². The van der Waals surface area contributed by atoms with E-state index in [1.54, 1.807) is 25.1 Å². The molecule has 0 bridgehead atoms. The van der Waals surface area contributed by atoms with Crippen molar-refractivity contribution < 1.29 is 19.4 Å². The van der Waals surface area contributed by atoms with Crippen molar-refractivity contribution in [2.75, 3.05) is 6.61 Å². The molecule has 98 valence electrons. The molecule has 0 saturated carbocycles. The van der Waals surface area contributed by atoms with Gasteiger partial charge in [-0.25, -0.2) is 0 Å². The van der Waals surface area contributed by atoms with Gasteiger partial charge >= 0.3 is 5.97 Å². The van der Waals surface area contributed by atoms with E-state index in [2.05, 4.69) is 20.7 Å². The van der Waals surface area contributed by atoms with Gasteiger partial charge < -0.3 is 9.84 Å². The molecule has 0 saturated heterocycles. The Hall–Kier alpha value is -1.20. The number of carbonyl (C=O) groups is 2. The highest BCUT2D eigenvalue weighted by molar-refractivity contribution is 9.10. The Morgan fingerprint density at radius 1 is 1.44 bits per heavy atom. The molecule has 1 N–H and O–H groups in total. The predicted molar refractivity (Wildman–Crippen MR) is 70.0 cm³/mol. The summed E-state index contributed by atoms with van der Waals surface area (Å²) in [6, 6.07) is 7.07. The van der Waals surface area contributed by atoms with Gasteiger partial charge in [0.2, 0.25) is 0 Å². The number of aliphatic hydroxyl groups excluding tert-OH is 1. The minimum Gasteiger partial charge on any atom is -0.466 e. The zero-order chi connectivity index (χ0) is 13.5. The van der Waals surface area contributed by atoms with Crippen molar-refractivity contribution in [2.45, 2.75) is 25.9 Å². The Labute approximate surface area is 114 Å². The number of halogens is 1. The Kier molecular flexibility index (Phi) is 6.01. The van der Waals surface area contributed by atoms with Crippen molar-refractivity contribution >= 4 is 27.7 Å². The number of hydrogen-bond acceptors (Lipinski definition) is 4. The van der Waals surface area contributed by atoms with Crippen LogP contribution < -0.4 is 0 Å². The molecule has 0 spiro atoms. The van der Waals surface area contributed by atoms with Gasteiger partial charge in [-0.2, -0.15) is 0 Å². The average Bonchev–Trinajstić information content (AvgIpc) is 2.28. The third-order valence-corrected chi connectivity index (χ3v) is 2.79. The summed E-state index contributed by atoms with van der Waals surface area (Å²) < 4.78 is 5.50. The average molecular weight is 315 g/mol. The second-order valence-corrected chi connectivity index (χ2v) is 4.71. The molecule has 0 aliphatic rings. The summed E-state index contributed by atoms with van der Waals surface area (Å²) in [6.45, 7) is 1.93. The van der Waals surface area contributed by atoms with Gasteiger partial charge in [0, 0.05) is 10.9 Å². The molecule has 0 aliphatic heterocycles. The normalized spacial score (nSPS) is 11.9. The van der Waals surface area contributed by atoms with Crippen molar-refractivity contribution in [3.8, 4) is 0 Å². The zero-order valence-corrected chi connectivity index (χ0v) is 11.6. The standard InChI is InChI=1S/C13H15BrO4/c1-2-18-13(17)8-11(15)7-12(16)9-4-3-5-10(14)6-9/h3-6,12,16H,2,7-8H2,1H3. The Bertz CT molecular complexity index is 431. The lowest BCUT2D eigenvalue weighted by Crippen LogP contribution is -2.13. The summed E-state index contributed by atoms with van der Waals surface area (Å²) in [7, 11) is 0. The summed E-state index contributed by atoms with van der Waals surface area (Å²) in [5.41, 5.74) is 0.640. The van der Waals surface area contributed by atoms with E-state index in [1.807, 2.05) is 6.07 Å². The lowest BCUT2D eigenvalue weighted by Gasteiger charge is -2.10. The second kappa shape index (κ2) is 7.28. The van der Waals surface area contributed by atoms with Crippen LogP contribution in [-0.2, 0) is 14.3 Å². The molecule has 1 aromatic rings. The van der Waals surface area contributed by atoms with Crippen LogP contribution in [0.5, 0.6) is 0 Å². The van der Waals surface area contributed by atoms with E-state index in [1.165, 1.54) is 0 Å². The van der Waals surface area contributed by atoms with E-state index < -0.39 is 12.1 Å². The Morgan fingerprint density at radius 3 is 2.78 bits per heavy atom. The van der Waals surface area contributed by atoms with Gasteiger partial charge in [0.25, 0.3) is 0 Å². The maximum Gasteiger partial charge on any atom is 0.313 e. The van der Waals surface area contributed by atoms with Crippen LogP contribution in [0.2, 0.25) is 0 Å². The van der Waals surface area contributed by atoms with Crippen LogP contribution >= 0.6 is 15.9 Å². The first-order valence-electron chi connectivity index (χ1n) is 5.63. The molecular weight excluding hydrogens is 300 g/mol.